The maximum absolute atomic E-state index is 11.8. The number of aromatic nitrogens is 3. The molecule has 3 aromatic rings. The summed E-state index contributed by atoms with van der Waals surface area (Å²) in [6.07, 6.45) is 6.58. The molecular weight excluding hydrogens is 268 g/mol. The number of nitrogens with one attached hydrogen (secondary N) is 1. The summed E-state index contributed by atoms with van der Waals surface area (Å²) < 4.78 is 4.80. The molecule has 3 aromatic heterocycles. The zero-order chi connectivity index (χ0) is 14.5. The highest BCUT2D eigenvalue weighted by atomic mass is 16.5. The Labute approximate surface area is 120 Å². The number of hydrogen-bond donors (Lipinski definition) is 1. The van der Waals surface area contributed by atoms with Crippen molar-refractivity contribution >= 4 is 5.91 Å². The van der Waals surface area contributed by atoms with Gasteiger partial charge in [-0.05, 0) is 29.8 Å². The van der Waals surface area contributed by atoms with Crippen LogP contribution in [0.5, 0.6) is 0 Å². The van der Waals surface area contributed by atoms with Crippen LogP contribution in [-0.2, 0) is 6.54 Å². The molecule has 0 radical (unpaired) electrons. The van der Waals surface area contributed by atoms with Crippen LogP contribution in [0.3, 0.4) is 0 Å². The van der Waals surface area contributed by atoms with E-state index in [2.05, 4.69) is 20.4 Å². The molecule has 6 nitrogen and oxygen atoms in total. The Balaban J connectivity index is 1.71. The van der Waals surface area contributed by atoms with Crippen molar-refractivity contribution in [2.24, 2.45) is 0 Å². The summed E-state index contributed by atoms with van der Waals surface area (Å²) in [6.45, 7) is 0.389. The zero-order valence-electron chi connectivity index (χ0n) is 11.1. The summed E-state index contributed by atoms with van der Waals surface area (Å²) in [5.74, 6) is -0.104. The van der Waals surface area contributed by atoms with Crippen LogP contribution in [0.15, 0.2) is 59.6 Å². The lowest BCUT2D eigenvalue weighted by atomic mass is 10.1. The Hall–Kier alpha value is -3.02. The summed E-state index contributed by atoms with van der Waals surface area (Å²) in [6, 6.07) is 9.07. The van der Waals surface area contributed by atoms with Gasteiger partial charge >= 0.3 is 0 Å². The maximum atomic E-state index is 11.8. The quantitative estimate of drug-likeness (QED) is 0.791. The number of carbonyl (C=O) groups is 1. The molecule has 21 heavy (non-hydrogen) atoms. The third kappa shape index (κ3) is 3.11. The first-order valence-corrected chi connectivity index (χ1v) is 6.37. The molecule has 0 saturated carbocycles. The van der Waals surface area contributed by atoms with Crippen molar-refractivity contribution in [3.63, 3.8) is 0 Å². The normalized spacial score (nSPS) is 10.3. The van der Waals surface area contributed by atoms with Gasteiger partial charge in [-0.2, -0.15) is 0 Å². The largest absolute Gasteiger partial charge is 0.351 e. The van der Waals surface area contributed by atoms with Gasteiger partial charge < -0.3 is 9.84 Å². The van der Waals surface area contributed by atoms with E-state index in [1.807, 2.05) is 24.3 Å². The number of carbonyl (C=O) groups excluding carboxylic acids is 1. The number of hydrogen-bond acceptors (Lipinski definition) is 5. The molecule has 3 rings (SSSR count). The summed E-state index contributed by atoms with van der Waals surface area (Å²) in [7, 11) is 0. The first-order chi connectivity index (χ1) is 10.3. The zero-order valence-corrected chi connectivity index (χ0v) is 11.1. The molecule has 0 aliphatic carbocycles. The molecule has 0 saturated heterocycles. The Morgan fingerprint density at radius 2 is 1.95 bits per heavy atom. The topological polar surface area (TPSA) is 80.9 Å². The van der Waals surface area contributed by atoms with E-state index in [1.54, 1.807) is 18.6 Å². The second kappa shape index (κ2) is 5.96. The number of rotatable bonds is 4. The Bertz CT molecular complexity index is 726. The van der Waals surface area contributed by atoms with Crippen molar-refractivity contribution in [1.82, 2.24) is 20.4 Å². The molecule has 0 aliphatic rings. The lowest BCUT2D eigenvalue weighted by molar-refractivity contribution is 0.0914. The fourth-order valence-corrected chi connectivity index (χ4v) is 1.87. The van der Waals surface area contributed by atoms with Gasteiger partial charge in [0.1, 0.15) is 0 Å². The van der Waals surface area contributed by atoms with Gasteiger partial charge in [0.15, 0.2) is 0 Å². The molecule has 3 heterocycles. The van der Waals surface area contributed by atoms with E-state index in [4.69, 9.17) is 4.52 Å². The molecule has 0 unspecified atom stereocenters. The van der Waals surface area contributed by atoms with Crippen LogP contribution in [0.1, 0.15) is 16.1 Å². The van der Waals surface area contributed by atoms with Crippen LogP contribution < -0.4 is 5.32 Å². The lowest BCUT2D eigenvalue weighted by Gasteiger charge is -2.05. The molecule has 104 valence electrons. The van der Waals surface area contributed by atoms with Crippen LogP contribution in [0, 0.1) is 0 Å². The molecular formula is C15H12N4O2. The molecule has 0 aliphatic heterocycles. The van der Waals surface area contributed by atoms with Gasteiger partial charge in [-0.25, -0.2) is 0 Å². The fourth-order valence-electron chi connectivity index (χ4n) is 1.87. The summed E-state index contributed by atoms with van der Waals surface area (Å²) in [5, 5.41) is 6.27. The third-order valence-electron chi connectivity index (χ3n) is 2.92. The van der Waals surface area contributed by atoms with Gasteiger partial charge in [-0.15, -0.1) is 0 Å². The predicted molar refractivity (Wildman–Crippen MR) is 75.1 cm³/mol. The standard InChI is InChI=1S/C15H12N4O2/c20-15(14-4-8-19-21-14)18-10-11-1-7-17-13(9-11)12-2-5-16-6-3-12/h1-9H,10H2,(H,18,20). The van der Waals surface area contributed by atoms with Crippen LogP contribution in [0.25, 0.3) is 11.3 Å². The summed E-state index contributed by atoms with van der Waals surface area (Å²) >= 11 is 0. The van der Waals surface area contributed by atoms with Gasteiger partial charge in [0, 0.05) is 36.8 Å². The Kier molecular flexibility index (Phi) is 3.68. The Morgan fingerprint density at radius 1 is 1.10 bits per heavy atom. The Morgan fingerprint density at radius 3 is 2.71 bits per heavy atom. The van der Waals surface area contributed by atoms with E-state index in [0.29, 0.717) is 6.54 Å². The van der Waals surface area contributed by atoms with E-state index in [0.717, 1.165) is 16.8 Å². The smallest absolute Gasteiger partial charge is 0.290 e. The highest BCUT2D eigenvalue weighted by Crippen LogP contribution is 2.16. The number of pyridine rings is 2. The van der Waals surface area contributed by atoms with Gasteiger partial charge in [-0.3, -0.25) is 14.8 Å². The third-order valence-corrected chi connectivity index (χ3v) is 2.92. The van der Waals surface area contributed by atoms with Crippen LogP contribution in [-0.4, -0.2) is 21.0 Å². The van der Waals surface area contributed by atoms with E-state index < -0.39 is 0 Å². The van der Waals surface area contributed by atoms with Crippen molar-refractivity contribution in [3.8, 4) is 11.3 Å². The fraction of sp³-hybridized carbons (Fsp3) is 0.0667. The minimum absolute atomic E-state index is 0.193. The molecule has 0 atom stereocenters. The highest BCUT2D eigenvalue weighted by molar-refractivity contribution is 5.91. The van der Waals surface area contributed by atoms with Crippen molar-refractivity contribution in [3.05, 3.63) is 66.4 Å². The molecule has 0 fully saturated rings. The van der Waals surface area contributed by atoms with E-state index in [-0.39, 0.29) is 11.7 Å². The first kappa shape index (κ1) is 13.0. The summed E-state index contributed by atoms with van der Waals surface area (Å²) in [4.78, 5) is 20.1. The van der Waals surface area contributed by atoms with E-state index in [9.17, 15) is 4.79 Å². The SMILES string of the molecule is O=C(NCc1ccnc(-c2ccncc2)c1)c1ccno1. The molecule has 0 spiro atoms. The maximum Gasteiger partial charge on any atom is 0.290 e. The number of amides is 1. The highest BCUT2D eigenvalue weighted by Gasteiger charge is 2.09. The second-order valence-electron chi connectivity index (χ2n) is 4.34. The van der Waals surface area contributed by atoms with Crippen molar-refractivity contribution in [1.29, 1.82) is 0 Å². The van der Waals surface area contributed by atoms with E-state index in [1.165, 1.54) is 12.3 Å². The molecule has 6 heteroatoms. The minimum atomic E-state index is -0.297. The number of nitrogens with zero attached hydrogens (tertiary/aromatic N) is 3. The van der Waals surface area contributed by atoms with Crippen LogP contribution >= 0.6 is 0 Å². The van der Waals surface area contributed by atoms with Crippen molar-refractivity contribution in [2.45, 2.75) is 6.54 Å². The predicted octanol–water partition coefficient (Wildman–Crippen LogP) is 2.06. The van der Waals surface area contributed by atoms with Crippen molar-refractivity contribution < 1.29 is 9.32 Å². The monoisotopic (exact) mass is 280 g/mol. The molecule has 1 N–H and O–H groups in total. The first-order valence-electron chi connectivity index (χ1n) is 6.37. The molecule has 0 bridgehead atoms. The summed E-state index contributed by atoms with van der Waals surface area (Å²) in [5.41, 5.74) is 2.77. The second-order valence-corrected chi connectivity index (χ2v) is 4.34. The molecule has 1 amide bonds. The average Bonchev–Trinajstić information content (AvgIpc) is 3.08. The van der Waals surface area contributed by atoms with Crippen molar-refractivity contribution in [2.75, 3.05) is 0 Å². The minimum Gasteiger partial charge on any atom is -0.351 e. The van der Waals surface area contributed by atoms with Gasteiger partial charge in [-0.1, -0.05) is 5.16 Å². The van der Waals surface area contributed by atoms with Gasteiger partial charge in [0.25, 0.3) is 5.91 Å². The molecule has 0 aromatic carbocycles. The average molecular weight is 280 g/mol. The lowest BCUT2D eigenvalue weighted by Crippen LogP contribution is -2.22. The van der Waals surface area contributed by atoms with Gasteiger partial charge in [0.2, 0.25) is 5.76 Å². The van der Waals surface area contributed by atoms with Crippen LogP contribution in [0.2, 0.25) is 0 Å². The van der Waals surface area contributed by atoms with Crippen LogP contribution in [0.4, 0.5) is 0 Å². The van der Waals surface area contributed by atoms with Gasteiger partial charge in [0.05, 0.1) is 11.9 Å². The van der Waals surface area contributed by atoms with E-state index >= 15 is 0 Å².